The Labute approximate surface area is 194 Å². The van der Waals surface area contributed by atoms with Crippen LogP contribution in [0.1, 0.15) is 27.3 Å². The molecule has 0 aliphatic rings. The van der Waals surface area contributed by atoms with Gasteiger partial charge in [0.05, 0.1) is 12.7 Å². The predicted octanol–water partition coefficient (Wildman–Crippen LogP) is 5.34. The Bertz CT molecular complexity index is 1460. The number of oxazole rings is 1. The third-order valence-electron chi connectivity index (χ3n) is 5.55. The van der Waals surface area contributed by atoms with E-state index >= 15 is 0 Å². The van der Waals surface area contributed by atoms with Crippen LogP contribution >= 0.6 is 11.6 Å². The van der Waals surface area contributed by atoms with Crippen LogP contribution < -0.4 is 4.74 Å². The smallest absolute Gasteiger partial charge is 0.245 e. The lowest BCUT2D eigenvalue weighted by atomic mass is 10.0. The molecular weight excluding hydrogens is 440 g/mol. The molecule has 0 spiro atoms. The van der Waals surface area contributed by atoms with Gasteiger partial charge in [-0.2, -0.15) is 0 Å². The van der Waals surface area contributed by atoms with Crippen molar-refractivity contribution >= 4 is 28.3 Å². The van der Waals surface area contributed by atoms with Crippen LogP contribution in [-0.2, 0) is 6.54 Å². The number of ketones is 1. The molecule has 2 aromatic carbocycles. The van der Waals surface area contributed by atoms with Gasteiger partial charge in [0.15, 0.2) is 5.69 Å². The fourth-order valence-electron chi connectivity index (χ4n) is 3.89. The van der Waals surface area contributed by atoms with E-state index in [1.54, 1.807) is 19.4 Å². The van der Waals surface area contributed by atoms with Gasteiger partial charge >= 0.3 is 0 Å². The lowest BCUT2D eigenvalue weighted by Crippen LogP contribution is -2.06. The number of aromatic nitrogens is 4. The number of carbonyl (C=O) groups excluding carboxylic acids is 1. The van der Waals surface area contributed by atoms with E-state index in [9.17, 15) is 4.79 Å². The number of carbonyl (C=O) groups is 1. The van der Waals surface area contributed by atoms with E-state index in [0.29, 0.717) is 28.6 Å². The van der Waals surface area contributed by atoms with E-state index < -0.39 is 0 Å². The second-order valence-corrected chi connectivity index (χ2v) is 7.95. The van der Waals surface area contributed by atoms with E-state index in [2.05, 4.69) is 19.5 Å². The Morgan fingerprint density at radius 2 is 1.97 bits per heavy atom. The molecule has 0 bridgehead atoms. The number of halogens is 1. The summed E-state index contributed by atoms with van der Waals surface area (Å²) in [5, 5.41) is 1.47. The maximum absolute atomic E-state index is 13.6. The van der Waals surface area contributed by atoms with E-state index in [1.165, 1.54) is 12.6 Å². The third kappa shape index (κ3) is 3.87. The van der Waals surface area contributed by atoms with Crippen LogP contribution in [0.15, 0.2) is 71.7 Å². The normalized spacial score (nSPS) is 11.1. The molecule has 0 saturated heterocycles. The summed E-state index contributed by atoms with van der Waals surface area (Å²) in [5.74, 6) is 0.701. The van der Waals surface area contributed by atoms with Gasteiger partial charge in [-0.3, -0.25) is 4.79 Å². The first-order valence-electron chi connectivity index (χ1n) is 10.2. The lowest BCUT2D eigenvalue weighted by Gasteiger charge is -2.09. The minimum Gasteiger partial charge on any atom is -0.497 e. The molecule has 5 rings (SSSR count). The van der Waals surface area contributed by atoms with Crippen LogP contribution in [0.2, 0.25) is 5.02 Å². The minimum absolute atomic E-state index is 0.208. The first kappa shape index (κ1) is 20.9. The van der Waals surface area contributed by atoms with Gasteiger partial charge in [-0.25, -0.2) is 15.0 Å². The van der Waals surface area contributed by atoms with E-state index in [-0.39, 0.29) is 17.4 Å². The van der Waals surface area contributed by atoms with Crippen LogP contribution in [0.4, 0.5) is 0 Å². The molecular formula is C25H19ClN4O3. The van der Waals surface area contributed by atoms with Crippen molar-refractivity contribution in [3.8, 4) is 17.3 Å². The number of ether oxygens (including phenoxy) is 1. The van der Waals surface area contributed by atoms with Crippen molar-refractivity contribution < 1.29 is 13.9 Å². The molecule has 0 atom stereocenters. The highest BCUT2D eigenvalue weighted by Crippen LogP contribution is 2.32. The molecule has 0 aliphatic carbocycles. The summed E-state index contributed by atoms with van der Waals surface area (Å²) in [4.78, 5) is 26.0. The van der Waals surface area contributed by atoms with Gasteiger partial charge in [-0.05, 0) is 48.9 Å². The van der Waals surface area contributed by atoms with E-state index in [4.69, 9.17) is 20.8 Å². The summed E-state index contributed by atoms with van der Waals surface area (Å²) in [7, 11) is 1.60. The largest absolute Gasteiger partial charge is 0.497 e. The zero-order valence-corrected chi connectivity index (χ0v) is 18.7. The Morgan fingerprint density at radius 3 is 2.70 bits per heavy atom. The zero-order valence-electron chi connectivity index (χ0n) is 17.9. The molecule has 0 unspecified atom stereocenters. The number of hydrogen-bond donors (Lipinski definition) is 0. The molecule has 7 nitrogen and oxygen atoms in total. The summed E-state index contributed by atoms with van der Waals surface area (Å²) in [6.07, 6.45) is 4.36. The van der Waals surface area contributed by atoms with E-state index in [1.807, 2.05) is 49.4 Å². The number of hydrogen-bond acceptors (Lipinski definition) is 6. The average Bonchev–Trinajstić information content (AvgIpc) is 3.44. The molecule has 33 heavy (non-hydrogen) atoms. The summed E-state index contributed by atoms with van der Waals surface area (Å²) in [6, 6.07) is 15.1. The van der Waals surface area contributed by atoms with Gasteiger partial charge in [0.2, 0.25) is 11.7 Å². The van der Waals surface area contributed by atoms with Gasteiger partial charge < -0.3 is 13.7 Å². The summed E-state index contributed by atoms with van der Waals surface area (Å²) in [6.45, 7) is 2.52. The number of nitrogens with zero attached hydrogens (tertiary/aromatic N) is 4. The SMILES string of the molecule is COc1ccc2c(c1)c(C(=O)c1coc(-c3ccncn3)n1)c(C)n2Cc1ccc(Cl)cc1. The Kier molecular flexibility index (Phi) is 5.40. The van der Waals surface area contributed by atoms with E-state index in [0.717, 1.165) is 22.2 Å². The lowest BCUT2D eigenvalue weighted by molar-refractivity contribution is 0.103. The van der Waals surface area contributed by atoms with Crippen LogP contribution in [0.25, 0.3) is 22.5 Å². The predicted molar refractivity (Wildman–Crippen MR) is 125 cm³/mol. The second-order valence-electron chi connectivity index (χ2n) is 7.52. The quantitative estimate of drug-likeness (QED) is 0.319. The molecule has 3 heterocycles. The highest BCUT2D eigenvalue weighted by Gasteiger charge is 2.24. The molecule has 0 aliphatic heterocycles. The molecule has 164 valence electrons. The highest BCUT2D eigenvalue weighted by molar-refractivity contribution is 6.30. The molecule has 0 amide bonds. The average molecular weight is 459 g/mol. The van der Waals surface area contributed by atoms with Crippen molar-refractivity contribution in [1.29, 1.82) is 0 Å². The van der Waals surface area contributed by atoms with Crippen molar-refractivity contribution in [2.45, 2.75) is 13.5 Å². The fraction of sp³-hybridized carbons (Fsp3) is 0.120. The third-order valence-corrected chi connectivity index (χ3v) is 5.80. The molecule has 0 fully saturated rings. The van der Waals surface area contributed by atoms with Gasteiger partial charge in [0.1, 0.15) is 24.0 Å². The van der Waals surface area contributed by atoms with Gasteiger partial charge in [0, 0.05) is 34.4 Å². The van der Waals surface area contributed by atoms with Crippen LogP contribution in [0, 0.1) is 6.92 Å². The Morgan fingerprint density at radius 1 is 1.15 bits per heavy atom. The topological polar surface area (TPSA) is 83.0 Å². The zero-order chi connectivity index (χ0) is 22.9. The standard InChI is InChI=1S/C25H19ClN4O3/c1-15-23(24(31)21-13-33-25(29-21)20-9-10-27-14-28-20)19-11-18(32-2)7-8-22(19)30(15)12-16-3-5-17(26)6-4-16/h3-11,13-14H,12H2,1-2H3. The molecule has 0 saturated carbocycles. The Hall–Kier alpha value is -3.97. The maximum Gasteiger partial charge on any atom is 0.245 e. The van der Waals surface area contributed by atoms with Crippen molar-refractivity contribution in [1.82, 2.24) is 19.5 Å². The highest BCUT2D eigenvalue weighted by atomic mass is 35.5. The number of fused-ring (bicyclic) bond motifs is 1. The van der Waals surface area contributed by atoms with Gasteiger partial charge in [0.25, 0.3) is 0 Å². The van der Waals surface area contributed by atoms with Gasteiger partial charge in [-0.15, -0.1) is 0 Å². The monoisotopic (exact) mass is 458 g/mol. The second kappa shape index (κ2) is 8.52. The van der Waals surface area contributed by atoms with Gasteiger partial charge in [-0.1, -0.05) is 23.7 Å². The molecule has 8 heteroatoms. The summed E-state index contributed by atoms with van der Waals surface area (Å²) < 4.78 is 13.1. The first-order valence-corrected chi connectivity index (χ1v) is 10.6. The number of methoxy groups -OCH3 is 1. The molecule has 0 radical (unpaired) electrons. The molecule has 5 aromatic rings. The summed E-state index contributed by atoms with van der Waals surface area (Å²) in [5.41, 5.74) is 4.09. The maximum atomic E-state index is 13.6. The van der Waals surface area contributed by atoms with Crippen molar-refractivity contribution in [3.63, 3.8) is 0 Å². The van der Waals surface area contributed by atoms with Crippen molar-refractivity contribution in [2.24, 2.45) is 0 Å². The van der Waals surface area contributed by atoms with Crippen molar-refractivity contribution in [3.05, 3.63) is 94.9 Å². The minimum atomic E-state index is -0.232. The first-order chi connectivity index (χ1) is 16.0. The van der Waals surface area contributed by atoms with Crippen molar-refractivity contribution in [2.75, 3.05) is 7.11 Å². The molecule has 0 N–H and O–H groups in total. The number of rotatable bonds is 6. The number of benzene rings is 2. The fourth-order valence-corrected chi connectivity index (χ4v) is 4.02. The van der Waals surface area contributed by atoms with Crippen LogP contribution in [-0.4, -0.2) is 32.4 Å². The Balaban J connectivity index is 1.61. The summed E-state index contributed by atoms with van der Waals surface area (Å²) >= 11 is 6.05. The van der Waals surface area contributed by atoms with Crippen LogP contribution in [0.3, 0.4) is 0 Å². The van der Waals surface area contributed by atoms with Crippen LogP contribution in [0.5, 0.6) is 5.75 Å². The molecule has 3 aromatic heterocycles.